The van der Waals surface area contributed by atoms with Crippen molar-refractivity contribution < 1.29 is 17.5 Å². The molecule has 0 aromatic heterocycles. The standard InChI is InChI=1S/C17H29FN4O3S.HI/c1-5-22(6-2)26(23,24)11-10-20-17(19-4)21-13-14(3)25-16-9-7-8-15(18)12-16;/h7-9,12,14H,5-6,10-11,13H2,1-4H3,(H2,19,20,21);1H. The van der Waals surface area contributed by atoms with Crippen molar-refractivity contribution in [3.63, 3.8) is 0 Å². The number of benzene rings is 1. The predicted molar refractivity (Wildman–Crippen MR) is 118 cm³/mol. The van der Waals surface area contributed by atoms with Crippen molar-refractivity contribution in [2.75, 3.05) is 39.0 Å². The van der Waals surface area contributed by atoms with Gasteiger partial charge in [-0.15, -0.1) is 24.0 Å². The van der Waals surface area contributed by atoms with Crippen molar-refractivity contribution in [2.45, 2.75) is 26.9 Å². The molecule has 7 nitrogen and oxygen atoms in total. The highest BCUT2D eigenvalue weighted by Gasteiger charge is 2.18. The number of hydrogen-bond donors (Lipinski definition) is 2. The smallest absolute Gasteiger partial charge is 0.215 e. The molecular formula is C17H30FIN4O3S. The number of halogens is 2. The van der Waals surface area contributed by atoms with Crippen LogP contribution in [0.1, 0.15) is 20.8 Å². The van der Waals surface area contributed by atoms with Crippen LogP contribution < -0.4 is 15.4 Å². The van der Waals surface area contributed by atoms with Crippen molar-refractivity contribution >= 4 is 40.0 Å². The number of hydrogen-bond acceptors (Lipinski definition) is 4. The molecule has 156 valence electrons. The molecule has 0 spiro atoms. The van der Waals surface area contributed by atoms with Crippen LogP contribution in [-0.4, -0.2) is 63.8 Å². The number of sulfonamides is 1. The highest BCUT2D eigenvalue weighted by Crippen LogP contribution is 2.13. The summed E-state index contributed by atoms with van der Waals surface area (Å²) in [7, 11) is -1.67. The molecule has 0 saturated carbocycles. The highest BCUT2D eigenvalue weighted by atomic mass is 127. The van der Waals surface area contributed by atoms with E-state index in [4.69, 9.17) is 4.74 Å². The summed E-state index contributed by atoms with van der Waals surface area (Å²) in [5.74, 6) is 0.571. The van der Waals surface area contributed by atoms with Gasteiger partial charge < -0.3 is 15.4 Å². The molecule has 0 amide bonds. The van der Waals surface area contributed by atoms with E-state index in [0.717, 1.165) is 0 Å². The first-order valence-corrected chi connectivity index (χ1v) is 10.3. The Bertz CT molecular complexity index is 685. The minimum atomic E-state index is -3.27. The normalized spacial score (nSPS) is 13.0. The zero-order valence-corrected chi connectivity index (χ0v) is 19.4. The van der Waals surface area contributed by atoms with E-state index in [-0.39, 0.29) is 48.2 Å². The highest BCUT2D eigenvalue weighted by molar-refractivity contribution is 14.0. The zero-order chi connectivity index (χ0) is 19.6. The summed E-state index contributed by atoms with van der Waals surface area (Å²) < 4.78 is 44.5. The lowest BCUT2D eigenvalue weighted by Gasteiger charge is -2.20. The fourth-order valence-electron chi connectivity index (χ4n) is 2.32. The molecule has 2 N–H and O–H groups in total. The third kappa shape index (κ3) is 9.56. The van der Waals surface area contributed by atoms with Gasteiger partial charge in [0.2, 0.25) is 10.0 Å². The van der Waals surface area contributed by atoms with Gasteiger partial charge in [0.05, 0.1) is 12.3 Å². The van der Waals surface area contributed by atoms with E-state index in [1.807, 2.05) is 20.8 Å². The zero-order valence-electron chi connectivity index (χ0n) is 16.2. The fourth-order valence-corrected chi connectivity index (χ4v) is 3.72. The maximum Gasteiger partial charge on any atom is 0.215 e. The van der Waals surface area contributed by atoms with Crippen molar-refractivity contribution in [3.8, 4) is 5.75 Å². The monoisotopic (exact) mass is 516 g/mol. The van der Waals surface area contributed by atoms with Gasteiger partial charge in [0.25, 0.3) is 0 Å². The number of nitrogens with zero attached hydrogens (tertiary/aromatic N) is 2. The van der Waals surface area contributed by atoms with Gasteiger partial charge in [-0.25, -0.2) is 17.1 Å². The first-order valence-electron chi connectivity index (χ1n) is 8.66. The summed E-state index contributed by atoms with van der Waals surface area (Å²) in [6, 6.07) is 5.95. The SMILES string of the molecule is CCN(CC)S(=O)(=O)CCNC(=NC)NCC(C)Oc1cccc(F)c1.I. The Hall–Kier alpha value is -1.14. The molecule has 0 heterocycles. The van der Waals surface area contributed by atoms with Crippen LogP contribution in [0.2, 0.25) is 0 Å². The van der Waals surface area contributed by atoms with Crippen LogP contribution in [-0.2, 0) is 10.0 Å². The van der Waals surface area contributed by atoms with Gasteiger partial charge in [-0.2, -0.15) is 0 Å². The van der Waals surface area contributed by atoms with E-state index in [9.17, 15) is 12.8 Å². The van der Waals surface area contributed by atoms with Crippen molar-refractivity contribution in [1.82, 2.24) is 14.9 Å². The van der Waals surface area contributed by atoms with Crippen molar-refractivity contribution in [3.05, 3.63) is 30.1 Å². The minimum Gasteiger partial charge on any atom is -0.489 e. The number of rotatable bonds is 10. The Balaban J connectivity index is 0.00000676. The Morgan fingerprint density at radius 2 is 1.96 bits per heavy atom. The second kappa shape index (κ2) is 13.1. The van der Waals surface area contributed by atoms with E-state index < -0.39 is 10.0 Å². The molecule has 10 heteroatoms. The summed E-state index contributed by atoms with van der Waals surface area (Å²) in [6.07, 6.45) is -0.227. The molecule has 0 aliphatic carbocycles. The Kier molecular flexibility index (Phi) is 12.6. The molecular weight excluding hydrogens is 486 g/mol. The average Bonchev–Trinajstić information content (AvgIpc) is 2.58. The largest absolute Gasteiger partial charge is 0.489 e. The third-order valence-electron chi connectivity index (χ3n) is 3.67. The fraction of sp³-hybridized carbons (Fsp3) is 0.588. The van der Waals surface area contributed by atoms with Gasteiger partial charge in [0.1, 0.15) is 17.7 Å². The van der Waals surface area contributed by atoms with Crippen LogP contribution >= 0.6 is 24.0 Å². The quantitative estimate of drug-likeness (QED) is 0.283. The van der Waals surface area contributed by atoms with Gasteiger partial charge in [-0.3, -0.25) is 4.99 Å². The second-order valence-electron chi connectivity index (χ2n) is 5.67. The van der Waals surface area contributed by atoms with Crippen LogP contribution in [0.5, 0.6) is 5.75 Å². The molecule has 1 aromatic rings. The van der Waals surface area contributed by atoms with E-state index in [1.54, 1.807) is 19.2 Å². The van der Waals surface area contributed by atoms with Gasteiger partial charge in [0.15, 0.2) is 5.96 Å². The van der Waals surface area contributed by atoms with Gasteiger partial charge >= 0.3 is 0 Å². The maximum absolute atomic E-state index is 13.2. The van der Waals surface area contributed by atoms with E-state index >= 15 is 0 Å². The number of guanidine groups is 1. The molecule has 0 saturated heterocycles. The molecule has 0 fully saturated rings. The summed E-state index contributed by atoms with van der Waals surface area (Å²) in [5.41, 5.74) is 0. The molecule has 1 unspecified atom stereocenters. The number of ether oxygens (including phenoxy) is 1. The van der Waals surface area contributed by atoms with Gasteiger partial charge in [-0.05, 0) is 19.1 Å². The first-order chi connectivity index (χ1) is 12.3. The Morgan fingerprint density at radius 3 is 2.52 bits per heavy atom. The maximum atomic E-state index is 13.2. The van der Waals surface area contributed by atoms with E-state index in [0.29, 0.717) is 31.3 Å². The second-order valence-corrected chi connectivity index (χ2v) is 7.75. The lowest BCUT2D eigenvalue weighted by atomic mass is 10.3. The Labute approximate surface area is 178 Å². The summed E-state index contributed by atoms with van der Waals surface area (Å²) in [5, 5.41) is 6.03. The topological polar surface area (TPSA) is 83.0 Å². The van der Waals surface area contributed by atoms with E-state index in [2.05, 4.69) is 15.6 Å². The van der Waals surface area contributed by atoms with Crippen molar-refractivity contribution in [1.29, 1.82) is 0 Å². The number of aliphatic imine (C=N–C) groups is 1. The van der Waals surface area contributed by atoms with Crippen LogP contribution in [0.4, 0.5) is 4.39 Å². The first kappa shape index (κ1) is 25.9. The van der Waals surface area contributed by atoms with Crippen LogP contribution in [0, 0.1) is 5.82 Å². The van der Waals surface area contributed by atoms with E-state index in [1.165, 1.54) is 16.4 Å². The van der Waals surface area contributed by atoms with Crippen LogP contribution in [0.15, 0.2) is 29.3 Å². The molecule has 27 heavy (non-hydrogen) atoms. The van der Waals surface area contributed by atoms with Crippen molar-refractivity contribution in [2.24, 2.45) is 4.99 Å². The van der Waals surface area contributed by atoms with Crippen LogP contribution in [0.3, 0.4) is 0 Å². The van der Waals surface area contributed by atoms with Crippen LogP contribution in [0.25, 0.3) is 0 Å². The lowest BCUT2D eigenvalue weighted by molar-refractivity contribution is 0.223. The summed E-state index contributed by atoms with van der Waals surface area (Å²) in [6.45, 7) is 7.07. The predicted octanol–water partition coefficient (Wildman–Crippen LogP) is 2.05. The molecule has 0 aliphatic rings. The lowest BCUT2D eigenvalue weighted by Crippen LogP contribution is -2.44. The summed E-state index contributed by atoms with van der Waals surface area (Å²) in [4.78, 5) is 4.06. The molecule has 0 bridgehead atoms. The number of nitrogens with one attached hydrogen (secondary N) is 2. The van der Waals surface area contributed by atoms with Gasteiger partial charge in [0, 0.05) is 32.7 Å². The third-order valence-corrected chi connectivity index (χ3v) is 5.69. The molecule has 1 rings (SSSR count). The average molecular weight is 516 g/mol. The molecule has 1 aromatic carbocycles. The molecule has 0 aliphatic heterocycles. The summed E-state index contributed by atoms with van der Waals surface area (Å²) >= 11 is 0. The van der Waals surface area contributed by atoms with Gasteiger partial charge in [-0.1, -0.05) is 19.9 Å². The molecule has 0 radical (unpaired) electrons. The Morgan fingerprint density at radius 1 is 1.30 bits per heavy atom. The molecule has 1 atom stereocenters. The minimum absolute atomic E-state index is 0.